The molecule has 0 bridgehead atoms. The van der Waals surface area contributed by atoms with Crippen molar-refractivity contribution in [2.45, 2.75) is 39.2 Å². The Morgan fingerprint density at radius 3 is 2.49 bits per heavy atom. The van der Waals surface area contributed by atoms with E-state index < -0.39 is 0 Å². The zero-order valence-corrected chi connectivity index (χ0v) is 20.4. The molecule has 1 aliphatic heterocycles. The van der Waals surface area contributed by atoms with Crippen LogP contribution >= 0.6 is 0 Å². The molecule has 5 rings (SSSR count). The van der Waals surface area contributed by atoms with Crippen LogP contribution in [0.2, 0.25) is 0 Å². The van der Waals surface area contributed by atoms with E-state index in [0.717, 1.165) is 49.4 Å². The zero-order chi connectivity index (χ0) is 24.4. The fourth-order valence-electron chi connectivity index (χ4n) is 5.02. The van der Waals surface area contributed by atoms with Crippen LogP contribution in [0.5, 0.6) is 0 Å². The van der Waals surface area contributed by atoms with Crippen LogP contribution in [-0.2, 0) is 11.3 Å². The highest BCUT2D eigenvalue weighted by molar-refractivity contribution is 5.92. The lowest BCUT2D eigenvalue weighted by molar-refractivity contribution is -0.118. The summed E-state index contributed by atoms with van der Waals surface area (Å²) in [5, 5.41) is 4.27. The van der Waals surface area contributed by atoms with Crippen molar-refractivity contribution >= 4 is 22.5 Å². The predicted octanol–water partition coefficient (Wildman–Crippen LogP) is 6.74. The zero-order valence-electron chi connectivity index (χ0n) is 20.4. The van der Waals surface area contributed by atoms with Crippen molar-refractivity contribution in [3.8, 4) is 5.69 Å². The predicted molar refractivity (Wildman–Crippen MR) is 140 cm³/mol. The summed E-state index contributed by atoms with van der Waals surface area (Å²) in [6.07, 6.45) is 4.28. The number of aromatic nitrogens is 1. The Morgan fingerprint density at radius 1 is 1.00 bits per heavy atom. The fraction of sp³-hybridized carbons (Fsp3) is 0.300. The Labute approximate surface area is 206 Å². The van der Waals surface area contributed by atoms with Crippen molar-refractivity contribution in [2.24, 2.45) is 5.92 Å². The van der Waals surface area contributed by atoms with Crippen LogP contribution < -0.4 is 5.32 Å². The molecule has 1 amide bonds. The standard InChI is InChI=1S/C30H32FN3O/c1-21(2)30(35)32-26-7-3-5-23(19-26)22-13-16-33(17-14-22)20-24-6-4-8-29-28(24)15-18-34(29)27-11-9-25(31)10-12-27/h3-12,15,18-19,21-22H,13-14,16-17,20H2,1-2H3,(H,32,35). The second kappa shape index (κ2) is 10.0. The number of fused-ring (bicyclic) bond motifs is 1. The van der Waals surface area contributed by atoms with E-state index in [4.69, 9.17) is 0 Å². The Bertz CT molecular complexity index is 1320. The van der Waals surface area contributed by atoms with Gasteiger partial charge < -0.3 is 9.88 Å². The third-order valence-electron chi connectivity index (χ3n) is 7.06. The fourth-order valence-corrected chi connectivity index (χ4v) is 5.02. The van der Waals surface area contributed by atoms with Gasteiger partial charge in [-0.1, -0.05) is 38.1 Å². The monoisotopic (exact) mass is 469 g/mol. The van der Waals surface area contributed by atoms with Gasteiger partial charge in [0.2, 0.25) is 5.91 Å². The number of likely N-dealkylation sites (tertiary alicyclic amines) is 1. The van der Waals surface area contributed by atoms with E-state index in [0.29, 0.717) is 5.92 Å². The van der Waals surface area contributed by atoms with E-state index in [2.05, 4.69) is 57.4 Å². The number of nitrogens with zero attached hydrogens (tertiary/aromatic N) is 2. The van der Waals surface area contributed by atoms with Gasteiger partial charge in [0.15, 0.2) is 0 Å². The molecule has 2 heterocycles. The summed E-state index contributed by atoms with van der Waals surface area (Å²) in [7, 11) is 0. The average molecular weight is 470 g/mol. The third kappa shape index (κ3) is 5.15. The summed E-state index contributed by atoms with van der Waals surface area (Å²) in [5.41, 5.74) is 5.63. The van der Waals surface area contributed by atoms with E-state index >= 15 is 0 Å². The van der Waals surface area contributed by atoms with Crippen molar-refractivity contribution < 1.29 is 9.18 Å². The lowest BCUT2D eigenvalue weighted by Crippen LogP contribution is -2.32. The first-order valence-electron chi connectivity index (χ1n) is 12.5. The minimum Gasteiger partial charge on any atom is -0.326 e. The number of nitrogens with one attached hydrogen (secondary N) is 1. The SMILES string of the molecule is CC(C)C(=O)Nc1cccc(C2CCN(Cc3cccc4c3ccn4-c3ccc(F)cc3)CC2)c1. The molecule has 0 saturated carbocycles. The summed E-state index contributed by atoms with van der Waals surface area (Å²) < 4.78 is 15.5. The minimum absolute atomic E-state index is 0.0288. The van der Waals surface area contributed by atoms with Crippen LogP contribution in [0.1, 0.15) is 43.7 Å². The van der Waals surface area contributed by atoms with Gasteiger partial charge in [0, 0.05) is 35.4 Å². The highest BCUT2D eigenvalue weighted by Gasteiger charge is 2.22. The van der Waals surface area contributed by atoms with Crippen LogP contribution in [0.3, 0.4) is 0 Å². The molecule has 35 heavy (non-hydrogen) atoms. The summed E-state index contributed by atoms with van der Waals surface area (Å²) in [5.74, 6) is 0.317. The molecule has 1 aromatic heterocycles. The molecule has 5 heteroatoms. The van der Waals surface area contributed by atoms with Gasteiger partial charge in [-0.05, 0) is 91.5 Å². The van der Waals surface area contributed by atoms with E-state index in [9.17, 15) is 9.18 Å². The Kier molecular flexibility index (Phi) is 6.69. The molecule has 0 radical (unpaired) electrons. The van der Waals surface area contributed by atoms with Crippen molar-refractivity contribution in [3.63, 3.8) is 0 Å². The number of hydrogen-bond acceptors (Lipinski definition) is 2. The molecule has 0 unspecified atom stereocenters. The van der Waals surface area contributed by atoms with Gasteiger partial charge in [-0.3, -0.25) is 9.69 Å². The topological polar surface area (TPSA) is 37.3 Å². The lowest BCUT2D eigenvalue weighted by Gasteiger charge is -2.32. The summed E-state index contributed by atoms with van der Waals surface area (Å²) in [6, 6.07) is 23.6. The molecule has 4 aromatic rings. The van der Waals surface area contributed by atoms with Gasteiger partial charge in [-0.2, -0.15) is 0 Å². The van der Waals surface area contributed by atoms with E-state index in [1.54, 1.807) is 0 Å². The van der Waals surface area contributed by atoms with Crippen LogP contribution in [-0.4, -0.2) is 28.5 Å². The van der Waals surface area contributed by atoms with Crippen molar-refractivity contribution in [2.75, 3.05) is 18.4 Å². The van der Waals surface area contributed by atoms with Gasteiger partial charge in [-0.25, -0.2) is 4.39 Å². The summed E-state index contributed by atoms with van der Waals surface area (Å²) >= 11 is 0. The maximum absolute atomic E-state index is 13.4. The summed E-state index contributed by atoms with van der Waals surface area (Å²) in [6.45, 7) is 6.83. The summed E-state index contributed by atoms with van der Waals surface area (Å²) in [4.78, 5) is 14.6. The quantitative estimate of drug-likeness (QED) is 0.339. The van der Waals surface area contributed by atoms with Gasteiger partial charge >= 0.3 is 0 Å². The Balaban J connectivity index is 1.25. The largest absolute Gasteiger partial charge is 0.326 e. The molecule has 0 aliphatic carbocycles. The van der Waals surface area contributed by atoms with E-state index in [1.807, 2.05) is 38.1 Å². The second-order valence-corrected chi connectivity index (χ2v) is 9.83. The molecular formula is C30H32FN3O. The first-order chi connectivity index (χ1) is 17.0. The molecule has 3 aromatic carbocycles. The molecule has 1 N–H and O–H groups in total. The van der Waals surface area contributed by atoms with E-state index in [-0.39, 0.29) is 17.6 Å². The number of rotatable bonds is 6. The second-order valence-electron chi connectivity index (χ2n) is 9.83. The molecule has 1 aliphatic rings. The lowest BCUT2D eigenvalue weighted by atomic mass is 9.89. The molecule has 1 saturated heterocycles. The van der Waals surface area contributed by atoms with Crippen LogP contribution in [0, 0.1) is 11.7 Å². The smallest absolute Gasteiger partial charge is 0.226 e. The van der Waals surface area contributed by atoms with Crippen molar-refractivity contribution in [1.29, 1.82) is 0 Å². The molecular weight excluding hydrogens is 437 g/mol. The number of carbonyl (C=O) groups is 1. The number of piperidine rings is 1. The Hall–Kier alpha value is -3.44. The van der Waals surface area contributed by atoms with Crippen LogP contribution in [0.15, 0.2) is 79.0 Å². The van der Waals surface area contributed by atoms with Crippen molar-refractivity contribution in [1.82, 2.24) is 9.47 Å². The van der Waals surface area contributed by atoms with Crippen molar-refractivity contribution in [3.05, 3.63) is 95.9 Å². The normalized spacial score (nSPS) is 15.1. The number of hydrogen-bond donors (Lipinski definition) is 1. The molecule has 0 atom stereocenters. The van der Waals surface area contributed by atoms with E-state index in [1.165, 1.54) is 28.6 Å². The van der Waals surface area contributed by atoms with Gasteiger partial charge in [0.1, 0.15) is 5.82 Å². The molecule has 0 spiro atoms. The number of amides is 1. The molecule has 4 nitrogen and oxygen atoms in total. The first kappa shape index (κ1) is 23.3. The van der Waals surface area contributed by atoms with Gasteiger partial charge in [0.25, 0.3) is 0 Å². The highest BCUT2D eigenvalue weighted by atomic mass is 19.1. The number of carbonyl (C=O) groups excluding carboxylic acids is 1. The maximum atomic E-state index is 13.4. The molecule has 1 fully saturated rings. The van der Waals surface area contributed by atoms with Crippen LogP contribution in [0.4, 0.5) is 10.1 Å². The Morgan fingerprint density at radius 2 is 1.74 bits per heavy atom. The maximum Gasteiger partial charge on any atom is 0.226 e. The number of anilines is 1. The van der Waals surface area contributed by atoms with Gasteiger partial charge in [-0.15, -0.1) is 0 Å². The molecule has 180 valence electrons. The minimum atomic E-state index is -0.221. The third-order valence-corrected chi connectivity index (χ3v) is 7.06. The number of halogens is 1. The number of benzene rings is 3. The first-order valence-corrected chi connectivity index (χ1v) is 12.5. The van der Waals surface area contributed by atoms with Gasteiger partial charge in [0.05, 0.1) is 5.52 Å². The highest BCUT2D eigenvalue weighted by Crippen LogP contribution is 2.31. The average Bonchev–Trinajstić information content (AvgIpc) is 3.30. The van der Waals surface area contributed by atoms with Crippen LogP contribution in [0.25, 0.3) is 16.6 Å².